The van der Waals surface area contributed by atoms with Gasteiger partial charge < -0.3 is 25.4 Å². The fourth-order valence-electron chi connectivity index (χ4n) is 2.52. The van der Waals surface area contributed by atoms with Gasteiger partial charge in [-0.3, -0.25) is 0 Å². The number of hydrogen-bond donors (Lipinski definition) is 3. The van der Waals surface area contributed by atoms with Crippen LogP contribution < -0.4 is 15.4 Å². The largest absolute Gasteiger partial charge is 0.493 e. The Bertz CT molecular complexity index is 1040. The van der Waals surface area contributed by atoms with Crippen molar-refractivity contribution in [2.75, 3.05) is 51.5 Å². The first-order chi connectivity index (χ1) is 17.0. The van der Waals surface area contributed by atoms with Crippen LogP contribution in [0.15, 0.2) is 12.1 Å². The molecule has 0 aliphatic carbocycles. The van der Waals surface area contributed by atoms with E-state index in [0.29, 0.717) is 6.42 Å². The van der Waals surface area contributed by atoms with E-state index in [4.69, 9.17) is 26.2 Å². The normalized spacial score (nSPS) is 11.6. The number of nitrogens with one attached hydrogen (secondary N) is 2. The second kappa shape index (κ2) is 13.4. The van der Waals surface area contributed by atoms with E-state index in [1.807, 2.05) is 24.3 Å². The summed E-state index contributed by atoms with van der Waals surface area (Å²) in [6, 6.07) is 1.87. The Kier molecular flexibility index (Phi) is 11.6. The predicted molar refractivity (Wildman–Crippen MR) is 119 cm³/mol. The van der Waals surface area contributed by atoms with Crippen LogP contribution in [0.2, 0.25) is 5.15 Å². The first kappa shape index (κ1) is 31.9. The zero-order chi connectivity index (χ0) is 28.6. The summed E-state index contributed by atoms with van der Waals surface area (Å²) in [6.07, 6.45) is -9.04. The molecule has 0 bridgehead atoms. The van der Waals surface area contributed by atoms with E-state index in [1.165, 1.54) is 7.05 Å². The van der Waals surface area contributed by atoms with Crippen LogP contribution in [0.4, 0.5) is 46.9 Å². The zero-order valence-corrected chi connectivity index (χ0v) is 20.2. The van der Waals surface area contributed by atoms with Crippen LogP contribution in [0.5, 0.6) is 5.75 Å². The van der Waals surface area contributed by atoms with E-state index < -0.39 is 58.6 Å². The van der Waals surface area contributed by atoms with Gasteiger partial charge in [0.2, 0.25) is 5.95 Å². The lowest BCUT2D eigenvalue weighted by Gasteiger charge is -2.17. The molecular formula is C20H22ClF8N5O3. The molecule has 0 fully saturated rings. The van der Waals surface area contributed by atoms with E-state index in [0.717, 1.165) is 18.7 Å². The average Bonchev–Trinajstić information content (AvgIpc) is 2.75. The maximum Gasteiger partial charge on any atom is 0.490 e. The summed E-state index contributed by atoms with van der Waals surface area (Å²) in [5, 5.41) is 11.2. The lowest BCUT2D eigenvalue weighted by atomic mass is 10.1. The number of alkyl halides is 6. The summed E-state index contributed by atoms with van der Waals surface area (Å²) in [6.45, 7) is -0.523. The fourth-order valence-corrected chi connectivity index (χ4v) is 2.79. The van der Waals surface area contributed by atoms with E-state index in [-0.39, 0.29) is 18.3 Å². The number of ether oxygens (including phenoxy) is 1. The number of aliphatic carboxylic acids is 1. The van der Waals surface area contributed by atoms with Gasteiger partial charge in [0.15, 0.2) is 0 Å². The van der Waals surface area contributed by atoms with Crippen molar-refractivity contribution in [1.82, 2.24) is 14.9 Å². The van der Waals surface area contributed by atoms with E-state index in [9.17, 15) is 35.1 Å². The summed E-state index contributed by atoms with van der Waals surface area (Å²) < 4.78 is 105. The number of rotatable bonds is 9. The topological polar surface area (TPSA) is 99.6 Å². The summed E-state index contributed by atoms with van der Waals surface area (Å²) in [4.78, 5) is 18.5. The Morgan fingerprint density at radius 3 is 2.05 bits per heavy atom. The highest BCUT2D eigenvalue weighted by Gasteiger charge is 2.38. The summed E-state index contributed by atoms with van der Waals surface area (Å²) >= 11 is 6.03. The van der Waals surface area contributed by atoms with Crippen molar-refractivity contribution in [1.29, 1.82) is 0 Å². The molecule has 0 saturated heterocycles. The standard InChI is InChI=1S/C18H21ClF5N5O.C2HF3O2/c1-25-17-27-15(19)14(16(28-17)26-9-18(22,23)24)13-11(20)7-10(8-12(13)21)30-6-4-5-29(2)3;3-2(4,5)1(6)7/h7-8H,4-6,9H2,1-3H3,(H2,25,26,27,28);(H,6,7). The molecule has 0 spiro atoms. The molecule has 2 rings (SSSR count). The Morgan fingerprint density at radius 1 is 1.08 bits per heavy atom. The number of aromatic nitrogens is 2. The van der Waals surface area contributed by atoms with Gasteiger partial charge in [0, 0.05) is 25.7 Å². The first-order valence-electron chi connectivity index (χ1n) is 10.1. The van der Waals surface area contributed by atoms with E-state index in [2.05, 4.69) is 15.3 Å². The van der Waals surface area contributed by atoms with Crippen LogP contribution >= 0.6 is 11.6 Å². The van der Waals surface area contributed by atoms with Crippen LogP contribution in [0.1, 0.15) is 6.42 Å². The monoisotopic (exact) mass is 567 g/mol. The average molecular weight is 568 g/mol. The van der Waals surface area contributed by atoms with Crippen LogP contribution in [-0.2, 0) is 4.79 Å². The molecule has 37 heavy (non-hydrogen) atoms. The second-order valence-electron chi connectivity index (χ2n) is 7.35. The Balaban J connectivity index is 0.000000856. The smallest absolute Gasteiger partial charge is 0.490 e. The molecule has 17 heteroatoms. The van der Waals surface area contributed by atoms with Gasteiger partial charge in [-0.25, -0.2) is 18.6 Å². The molecule has 0 atom stereocenters. The number of benzene rings is 1. The van der Waals surface area contributed by atoms with Gasteiger partial charge in [0.1, 0.15) is 34.9 Å². The molecule has 3 N–H and O–H groups in total. The molecule has 0 aliphatic heterocycles. The molecule has 8 nitrogen and oxygen atoms in total. The molecular weight excluding hydrogens is 546 g/mol. The minimum absolute atomic E-state index is 0.0545. The molecule has 0 radical (unpaired) electrons. The number of anilines is 2. The molecule has 208 valence electrons. The Morgan fingerprint density at radius 2 is 1.62 bits per heavy atom. The number of carboxylic acid groups (broad SMARTS) is 1. The van der Waals surface area contributed by atoms with Crippen molar-refractivity contribution in [2.45, 2.75) is 18.8 Å². The lowest BCUT2D eigenvalue weighted by Crippen LogP contribution is -2.22. The second-order valence-corrected chi connectivity index (χ2v) is 7.71. The molecule has 0 unspecified atom stereocenters. The fraction of sp³-hybridized carbons (Fsp3) is 0.450. The predicted octanol–water partition coefficient (Wildman–Crippen LogP) is 5.05. The van der Waals surface area contributed by atoms with Crippen molar-refractivity contribution in [3.63, 3.8) is 0 Å². The van der Waals surface area contributed by atoms with Crippen LogP contribution in [0.25, 0.3) is 11.1 Å². The van der Waals surface area contributed by atoms with Gasteiger partial charge in [-0.05, 0) is 20.5 Å². The third-order valence-corrected chi connectivity index (χ3v) is 4.34. The summed E-state index contributed by atoms with van der Waals surface area (Å²) in [7, 11) is 5.18. The van der Waals surface area contributed by atoms with Crippen LogP contribution in [0, 0.1) is 11.6 Å². The summed E-state index contributed by atoms with van der Waals surface area (Å²) in [5.74, 6) is -5.54. The highest BCUT2D eigenvalue weighted by molar-refractivity contribution is 6.32. The lowest BCUT2D eigenvalue weighted by molar-refractivity contribution is -0.192. The number of hydrogen-bond acceptors (Lipinski definition) is 7. The highest BCUT2D eigenvalue weighted by atomic mass is 35.5. The molecule has 0 aliphatic rings. The van der Waals surface area contributed by atoms with Gasteiger partial charge >= 0.3 is 18.3 Å². The van der Waals surface area contributed by atoms with Crippen LogP contribution in [0.3, 0.4) is 0 Å². The quantitative estimate of drug-likeness (QED) is 0.220. The molecule has 0 saturated carbocycles. The van der Waals surface area contributed by atoms with E-state index >= 15 is 0 Å². The van der Waals surface area contributed by atoms with E-state index in [1.54, 1.807) is 0 Å². The number of nitrogens with zero attached hydrogens (tertiary/aromatic N) is 3. The molecule has 1 heterocycles. The third kappa shape index (κ3) is 10.8. The zero-order valence-electron chi connectivity index (χ0n) is 19.5. The van der Waals surface area contributed by atoms with Crippen molar-refractivity contribution in [2.24, 2.45) is 0 Å². The number of carboxylic acids is 1. The maximum atomic E-state index is 14.7. The first-order valence-corrected chi connectivity index (χ1v) is 10.5. The van der Waals surface area contributed by atoms with Gasteiger partial charge in [-0.15, -0.1) is 0 Å². The minimum Gasteiger partial charge on any atom is -0.493 e. The van der Waals surface area contributed by atoms with Crippen molar-refractivity contribution in [3.8, 4) is 16.9 Å². The van der Waals surface area contributed by atoms with Gasteiger partial charge in [0.25, 0.3) is 0 Å². The van der Waals surface area contributed by atoms with Gasteiger partial charge in [-0.2, -0.15) is 31.3 Å². The van der Waals surface area contributed by atoms with Crippen molar-refractivity contribution < 1.29 is 49.8 Å². The van der Waals surface area contributed by atoms with Crippen molar-refractivity contribution >= 4 is 29.3 Å². The molecule has 1 aromatic carbocycles. The third-order valence-electron chi connectivity index (χ3n) is 4.07. The number of carbonyl (C=O) groups is 1. The highest BCUT2D eigenvalue weighted by Crippen LogP contribution is 2.38. The number of halogens is 9. The van der Waals surface area contributed by atoms with Crippen molar-refractivity contribution in [3.05, 3.63) is 28.9 Å². The summed E-state index contributed by atoms with van der Waals surface area (Å²) in [5.41, 5.74) is -1.08. The maximum absolute atomic E-state index is 14.7. The molecule has 0 amide bonds. The Hall–Kier alpha value is -3.14. The van der Waals surface area contributed by atoms with Gasteiger partial charge in [-0.1, -0.05) is 11.6 Å². The minimum atomic E-state index is -5.08. The SMILES string of the molecule is CNc1nc(Cl)c(-c2c(F)cc(OCCCN(C)C)cc2F)c(NCC(F)(F)F)n1.O=C(O)C(F)(F)F. The Labute approximate surface area is 210 Å². The van der Waals surface area contributed by atoms with Crippen LogP contribution in [-0.4, -0.2) is 79.1 Å². The molecule has 1 aromatic heterocycles. The molecule has 2 aromatic rings. The van der Waals surface area contributed by atoms with Gasteiger partial charge in [0.05, 0.1) is 17.7 Å².